The molecule has 1 aliphatic heterocycles. The Bertz CT molecular complexity index is 495. The molecule has 0 bridgehead atoms. The number of sulfonamides is 1. The zero-order valence-corrected chi connectivity index (χ0v) is 13.4. The molecule has 102 valence electrons. The lowest BCUT2D eigenvalue weighted by molar-refractivity contribution is 0.430. The van der Waals surface area contributed by atoms with Crippen LogP contribution in [0.4, 0.5) is 0 Å². The van der Waals surface area contributed by atoms with Gasteiger partial charge in [0.2, 0.25) is 10.0 Å². The third-order valence-corrected chi connectivity index (χ3v) is 7.14. The zero-order valence-electron chi connectivity index (χ0n) is 10.2. The third kappa shape index (κ3) is 3.33. The van der Waals surface area contributed by atoms with Gasteiger partial charge >= 0.3 is 0 Å². The summed E-state index contributed by atoms with van der Waals surface area (Å²) in [6.45, 7) is 2.05. The predicted octanol–water partition coefficient (Wildman–Crippen LogP) is 2.02. The molecule has 0 aromatic carbocycles. The van der Waals surface area contributed by atoms with Crippen molar-refractivity contribution in [2.24, 2.45) is 0 Å². The van der Waals surface area contributed by atoms with Crippen LogP contribution in [0.25, 0.3) is 0 Å². The molecule has 0 spiro atoms. The van der Waals surface area contributed by atoms with E-state index in [0.29, 0.717) is 19.4 Å². The quantitative estimate of drug-likeness (QED) is 0.901. The van der Waals surface area contributed by atoms with Crippen molar-refractivity contribution in [1.82, 2.24) is 9.62 Å². The van der Waals surface area contributed by atoms with Crippen LogP contribution >= 0.6 is 27.3 Å². The van der Waals surface area contributed by atoms with E-state index in [4.69, 9.17) is 0 Å². The van der Waals surface area contributed by atoms with Gasteiger partial charge in [0.25, 0.3) is 0 Å². The van der Waals surface area contributed by atoms with Gasteiger partial charge in [-0.25, -0.2) is 8.42 Å². The summed E-state index contributed by atoms with van der Waals surface area (Å²) < 4.78 is 27.3. The Morgan fingerprint density at radius 1 is 1.50 bits per heavy atom. The van der Waals surface area contributed by atoms with Gasteiger partial charge in [0, 0.05) is 28.3 Å². The molecule has 1 saturated heterocycles. The summed E-state index contributed by atoms with van der Waals surface area (Å²) in [6.07, 6.45) is 1.42. The fraction of sp³-hybridized carbons (Fsp3) is 0.636. The smallest absolute Gasteiger partial charge is 0.217 e. The normalized spacial score (nSPS) is 18.4. The molecule has 1 aromatic rings. The van der Waals surface area contributed by atoms with Crippen molar-refractivity contribution in [3.63, 3.8) is 0 Å². The lowest BCUT2D eigenvalue weighted by Gasteiger charge is -2.27. The summed E-state index contributed by atoms with van der Waals surface area (Å²) in [5.74, 6) is 0. The Morgan fingerprint density at radius 3 is 2.72 bits per heavy atom. The second kappa shape index (κ2) is 6.00. The Kier molecular flexibility index (Phi) is 4.82. The molecule has 0 atom stereocenters. The van der Waals surface area contributed by atoms with Crippen molar-refractivity contribution in [2.45, 2.75) is 24.6 Å². The fourth-order valence-electron chi connectivity index (χ4n) is 2.09. The molecule has 1 aliphatic rings. The first-order valence-corrected chi connectivity index (χ1v) is 9.06. The number of halogens is 1. The first-order chi connectivity index (χ1) is 8.50. The Balaban J connectivity index is 2.04. The summed E-state index contributed by atoms with van der Waals surface area (Å²) in [7, 11) is -1.49. The standard InChI is InChI=1S/C11H17BrN2O2S2/c1-14(7-10-6-9(12)8-17-10)18(15,16)11-2-4-13-5-3-11/h6,8,11,13H,2-5,7H2,1H3. The van der Waals surface area contributed by atoms with Crippen molar-refractivity contribution >= 4 is 37.3 Å². The highest BCUT2D eigenvalue weighted by atomic mass is 79.9. The highest BCUT2D eigenvalue weighted by Gasteiger charge is 2.30. The molecule has 2 heterocycles. The molecule has 1 N–H and O–H groups in total. The number of hydrogen-bond donors (Lipinski definition) is 1. The van der Waals surface area contributed by atoms with Crippen LogP contribution in [0.5, 0.6) is 0 Å². The molecule has 4 nitrogen and oxygen atoms in total. The summed E-state index contributed by atoms with van der Waals surface area (Å²) in [5, 5.41) is 4.93. The van der Waals surface area contributed by atoms with E-state index in [0.717, 1.165) is 22.4 Å². The van der Waals surface area contributed by atoms with Gasteiger partial charge in [-0.2, -0.15) is 4.31 Å². The van der Waals surface area contributed by atoms with Crippen molar-refractivity contribution in [3.05, 3.63) is 20.8 Å². The number of nitrogens with zero attached hydrogens (tertiary/aromatic N) is 1. The number of hydrogen-bond acceptors (Lipinski definition) is 4. The molecule has 1 aromatic heterocycles. The number of piperidine rings is 1. The van der Waals surface area contributed by atoms with Crippen LogP contribution in [-0.4, -0.2) is 38.1 Å². The fourth-order valence-corrected chi connectivity index (χ4v) is 5.34. The molecular formula is C11H17BrN2O2S2. The van der Waals surface area contributed by atoms with Crippen LogP contribution in [0.3, 0.4) is 0 Å². The van der Waals surface area contributed by atoms with Crippen LogP contribution in [0.2, 0.25) is 0 Å². The minimum Gasteiger partial charge on any atom is -0.317 e. The minimum absolute atomic E-state index is 0.229. The van der Waals surface area contributed by atoms with Gasteiger partial charge in [-0.3, -0.25) is 0 Å². The minimum atomic E-state index is -3.17. The van der Waals surface area contributed by atoms with E-state index in [1.165, 1.54) is 4.31 Å². The van der Waals surface area contributed by atoms with Crippen molar-refractivity contribution in [3.8, 4) is 0 Å². The van der Waals surface area contributed by atoms with E-state index in [-0.39, 0.29) is 5.25 Å². The van der Waals surface area contributed by atoms with Crippen LogP contribution in [0, 0.1) is 0 Å². The molecule has 0 amide bonds. The maximum Gasteiger partial charge on any atom is 0.217 e. The average Bonchev–Trinajstić information content (AvgIpc) is 2.76. The van der Waals surface area contributed by atoms with Crippen molar-refractivity contribution < 1.29 is 8.42 Å². The van der Waals surface area contributed by atoms with E-state index in [2.05, 4.69) is 21.2 Å². The van der Waals surface area contributed by atoms with Crippen LogP contribution < -0.4 is 5.32 Å². The molecule has 0 unspecified atom stereocenters. The summed E-state index contributed by atoms with van der Waals surface area (Å²) in [5.41, 5.74) is 0. The Hall–Kier alpha value is 0.0500. The monoisotopic (exact) mass is 352 g/mol. The largest absolute Gasteiger partial charge is 0.317 e. The van der Waals surface area contributed by atoms with Gasteiger partial charge in [0.15, 0.2) is 0 Å². The number of rotatable bonds is 4. The lowest BCUT2D eigenvalue weighted by atomic mass is 10.2. The molecule has 2 rings (SSSR count). The van der Waals surface area contributed by atoms with E-state index in [1.54, 1.807) is 18.4 Å². The highest BCUT2D eigenvalue weighted by Crippen LogP contribution is 2.24. The van der Waals surface area contributed by atoms with E-state index < -0.39 is 10.0 Å². The average molecular weight is 353 g/mol. The van der Waals surface area contributed by atoms with Gasteiger partial charge in [-0.15, -0.1) is 11.3 Å². The Morgan fingerprint density at radius 2 is 2.17 bits per heavy atom. The summed E-state index contributed by atoms with van der Waals surface area (Å²) >= 11 is 4.96. The second-order valence-corrected chi connectivity index (χ2v) is 8.71. The van der Waals surface area contributed by atoms with E-state index in [9.17, 15) is 8.42 Å². The molecule has 0 saturated carbocycles. The lowest BCUT2D eigenvalue weighted by Crippen LogP contribution is -2.42. The first-order valence-electron chi connectivity index (χ1n) is 5.89. The summed E-state index contributed by atoms with van der Waals surface area (Å²) in [6, 6.07) is 1.97. The van der Waals surface area contributed by atoms with E-state index in [1.807, 2.05) is 11.4 Å². The molecule has 0 aliphatic carbocycles. The van der Waals surface area contributed by atoms with Gasteiger partial charge < -0.3 is 5.32 Å². The van der Waals surface area contributed by atoms with Crippen LogP contribution in [0.15, 0.2) is 15.9 Å². The molecule has 1 fully saturated rings. The van der Waals surface area contributed by atoms with Gasteiger partial charge in [-0.05, 0) is 47.9 Å². The maximum atomic E-state index is 12.4. The van der Waals surface area contributed by atoms with Crippen molar-refractivity contribution in [1.29, 1.82) is 0 Å². The van der Waals surface area contributed by atoms with Gasteiger partial charge in [0.1, 0.15) is 0 Å². The molecule has 0 radical (unpaired) electrons. The highest BCUT2D eigenvalue weighted by molar-refractivity contribution is 9.10. The number of thiophene rings is 1. The summed E-state index contributed by atoms with van der Waals surface area (Å²) in [4.78, 5) is 1.06. The van der Waals surface area contributed by atoms with Crippen LogP contribution in [0.1, 0.15) is 17.7 Å². The second-order valence-electron chi connectivity index (χ2n) is 4.48. The third-order valence-electron chi connectivity index (χ3n) is 3.14. The Labute approximate surface area is 121 Å². The van der Waals surface area contributed by atoms with Crippen molar-refractivity contribution in [2.75, 3.05) is 20.1 Å². The molecule has 18 heavy (non-hydrogen) atoms. The number of nitrogens with one attached hydrogen (secondary N) is 1. The maximum absolute atomic E-state index is 12.4. The SMILES string of the molecule is CN(Cc1cc(Br)cs1)S(=O)(=O)C1CCNCC1. The predicted molar refractivity (Wildman–Crippen MR) is 78.3 cm³/mol. The van der Waals surface area contributed by atoms with Crippen LogP contribution in [-0.2, 0) is 16.6 Å². The first kappa shape index (κ1) is 14.5. The topological polar surface area (TPSA) is 49.4 Å². The van der Waals surface area contributed by atoms with Gasteiger partial charge in [-0.1, -0.05) is 0 Å². The van der Waals surface area contributed by atoms with Gasteiger partial charge in [0.05, 0.1) is 5.25 Å². The molecule has 7 heteroatoms. The zero-order chi connectivity index (χ0) is 13.2. The van der Waals surface area contributed by atoms with E-state index >= 15 is 0 Å². The molecular weight excluding hydrogens is 336 g/mol.